The number of hydrogen-bond donors (Lipinski definition) is 1. The zero-order valence-electron chi connectivity index (χ0n) is 13.0. The minimum absolute atomic E-state index is 0.125. The summed E-state index contributed by atoms with van der Waals surface area (Å²) >= 11 is 6.06. The minimum atomic E-state index is -0.527. The Balaban J connectivity index is 2.23. The Morgan fingerprint density at radius 3 is 2.39 bits per heavy atom. The fraction of sp³-hybridized carbons (Fsp3) is 0.211. The second-order valence-corrected chi connectivity index (χ2v) is 6.02. The SMILES string of the molecule is CNC(=O)N1C=CCCC1(c1ccccc1)c1ccc(Cl)cc1. The maximum atomic E-state index is 12.5. The first-order valence-corrected chi connectivity index (χ1v) is 8.05. The molecule has 1 aliphatic rings. The van der Waals surface area contributed by atoms with Crippen LogP contribution in [-0.2, 0) is 5.54 Å². The first-order valence-electron chi connectivity index (χ1n) is 7.68. The average Bonchev–Trinajstić information content (AvgIpc) is 2.62. The molecule has 2 aromatic carbocycles. The topological polar surface area (TPSA) is 32.3 Å². The average molecular weight is 327 g/mol. The number of carbonyl (C=O) groups excluding carboxylic acids is 1. The van der Waals surface area contributed by atoms with Crippen molar-refractivity contribution in [1.82, 2.24) is 10.2 Å². The van der Waals surface area contributed by atoms with Crippen LogP contribution in [0.25, 0.3) is 0 Å². The van der Waals surface area contributed by atoms with Crippen molar-refractivity contribution in [2.75, 3.05) is 7.05 Å². The van der Waals surface area contributed by atoms with Crippen molar-refractivity contribution in [1.29, 1.82) is 0 Å². The summed E-state index contributed by atoms with van der Waals surface area (Å²) in [5, 5.41) is 3.44. The van der Waals surface area contributed by atoms with E-state index in [0.29, 0.717) is 5.02 Å². The van der Waals surface area contributed by atoms with Crippen LogP contribution in [0, 0.1) is 0 Å². The lowest BCUT2D eigenvalue weighted by molar-refractivity contribution is 0.162. The number of amides is 2. The molecule has 0 radical (unpaired) electrons. The molecule has 1 N–H and O–H groups in total. The van der Waals surface area contributed by atoms with Gasteiger partial charge < -0.3 is 5.32 Å². The van der Waals surface area contributed by atoms with Gasteiger partial charge in [0, 0.05) is 18.3 Å². The molecule has 2 aromatic rings. The molecular formula is C19H19ClN2O. The lowest BCUT2D eigenvalue weighted by Crippen LogP contribution is -2.51. The quantitative estimate of drug-likeness (QED) is 0.863. The van der Waals surface area contributed by atoms with E-state index in [2.05, 4.69) is 17.4 Å². The van der Waals surface area contributed by atoms with Gasteiger partial charge in [0.1, 0.15) is 0 Å². The van der Waals surface area contributed by atoms with Crippen LogP contribution in [0.2, 0.25) is 5.02 Å². The second-order valence-electron chi connectivity index (χ2n) is 5.58. The van der Waals surface area contributed by atoms with Crippen LogP contribution in [0.15, 0.2) is 66.9 Å². The van der Waals surface area contributed by atoms with E-state index in [9.17, 15) is 4.79 Å². The van der Waals surface area contributed by atoms with Gasteiger partial charge in [-0.25, -0.2) is 4.79 Å². The van der Waals surface area contributed by atoms with Crippen molar-refractivity contribution < 1.29 is 4.79 Å². The highest BCUT2D eigenvalue weighted by Gasteiger charge is 2.42. The molecule has 2 amide bonds. The van der Waals surface area contributed by atoms with Gasteiger partial charge in [0.2, 0.25) is 0 Å². The van der Waals surface area contributed by atoms with Crippen LogP contribution in [0.4, 0.5) is 4.79 Å². The Labute approximate surface area is 141 Å². The molecule has 1 aliphatic heterocycles. The molecule has 23 heavy (non-hydrogen) atoms. The number of benzene rings is 2. The fourth-order valence-electron chi connectivity index (χ4n) is 3.25. The van der Waals surface area contributed by atoms with E-state index in [-0.39, 0.29) is 6.03 Å². The lowest BCUT2D eigenvalue weighted by atomic mass is 9.76. The van der Waals surface area contributed by atoms with E-state index in [1.807, 2.05) is 54.7 Å². The van der Waals surface area contributed by atoms with Crippen LogP contribution in [-0.4, -0.2) is 18.0 Å². The predicted molar refractivity (Wildman–Crippen MR) is 93.3 cm³/mol. The summed E-state index contributed by atoms with van der Waals surface area (Å²) in [6, 6.07) is 17.8. The third-order valence-corrected chi connectivity index (χ3v) is 4.60. The Bertz CT molecular complexity index is 712. The van der Waals surface area contributed by atoms with E-state index >= 15 is 0 Å². The van der Waals surface area contributed by atoms with Crippen LogP contribution in [0.3, 0.4) is 0 Å². The van der Waals surface area contributed by atoms with E-state index in [1.54, 1.807) is 11.9 Å². The highest BCUT2D eigenvalue weighted by molar-refractivity contribution is 6.30. The Kier molecular flexibility index (Phi) is 4.39. The van der Waals surface area contributed by atoms with Crippen LogP contribution in [0.1, 0.15) is 24.0 Å². The van der Waals surface area contributed by atoms with Crippen molar-refractivity contribution in [3.63, 3.8) is 0 Å². The fourth-order valence-corrected chi connectivity index (χ4v) is 3.38. The summed E-state index contributed by atoms with van der Waals surface area (Å²) in [7, 11) is 1.66. The Morgan fingerprint density at radius 2 is 1.74 bits per heavy atom. The number of carbonyl (C=O) groups is 1. The number of urea groups is 1. The van der Waals surface area contributed by atoms with Gasteiger partial charge in [-0.15, -0.1) is 0 Å². The lowest BCUT2D eigenvalue weighted by Gasteiger charge is -2.45. The molecule has 0 spiro atoms. The van der Waals surface area contributed by atoms with Gasteiger partial charge >= 0.3 is 6.03 Å². The molecule has 0 fully saturated rings. The van der Waals surface area contributed by atoms with Gasteiger partial charge in [0.25, 0.3) is 0 Å². The van der Waals surface area contributed by atoms with Gasteiger partial charge in [-0.3, -0.25) is 4.90 Å². The number of halogens is 1. The third-order valence-electron chi connectivity index (χ3n) is 4.34. The maximum absolute atomic E-state index is 12.5. The predicted octanol–water partition coefficient (Wildman–Crippen LogP) is 4.53. The maximum Gasteiger partial charge on any atom is 0.322 e. The highest BCUT2D eigenvalue weighted by Crippen LogP contribution is 2.43. The molecule has 0 saturated heterocycles. The molecule has 1 heterocycles. The summed E-state index contributed by atoms with van der Waals surface area (Å²) in [4.78, 5) is 14.3. The van der Waals surface area contributed by atoms with Crippen LogP contribution < -0.4 is 5.32 Å². The van der Waals surface area contributed by atoms with E-state index in [1.165, 1.54) is 0 Å². The summed E-state index contributed by atoms with van der Waals surface area (Å²) in [6.45, 7) is 0. The summed E-state index contributed by atoms with van der Waals surface area (Å²) in [6.07, 6.45) is 5.64. The number of allylic oxidation sites excluding steroid dienone is 1. The van der Waals surface area contributed by atoms with Crippen LogP contribution in [0.5, 0.6) is 0 Å². The van der Waals surface area contributed by atoms with Gasteiger partial charge in [0.05, 0.1) is 5.54 Å². The molecular weight excluding hydrogens is 308 g/mol. The molecule has 1 unspecified atom stereocenters. The molecule has 0 aromatic heterocycles. The Morgan fingerprint density at radius 1 is 1.09 bits per heavy atom. The highest BCUT2D eigenvalue weighted by atomic mass is 35.5. The number of nitrogens with one attached hydrogen (secondary N) is 1. The first kappa shape index (κ1) is 15.6. The third kappa shape index (κ3) is 2.73. The summed E-state index contributed by atoms with van der Waals surface area (Å²) in [5.74, 6) is 0. The van der Waals surface area contributed by atoms with Crippen molar-refractivity contribution in [2.24, 2.45) is 0 Å². The van der Waals surface area contributed by atoms with Crippen LogP contribution >= 0.6 is 11.6 Å². The van der Waals surface area contributed by atoms with Crippen molar-refractivity contribution >= 4 is 17.6 Å². The molecule has 0 bridgehead atoms. The molecule has 0 saturated carbocycles. The standard InChI is InChI=1S/C19H19ClN2O/c1-21-18(23)22-14-6-5-13-19(22,15-7-3-2-4-8-15)16-9-11-17(20)12-10-16/h2-4,6-12,14H,5,13H2,1H3,(H,21,23). The van der Waals surface area contributed by atoms with Crippen molar-refractivity contribution in [3.8, 4) is 0 Å². The monoisotopic (exact) mass is 326 g/mol. The largest absolute Gasteiger partial charge is 0.341 e. The molecule has 3 nitrogen and oxygen atoms in total. The minimum Gasteiger partial charge on any atom is -0.341 e. The normalized spacial score (nSPS) is 20.3. The number of rotatable bonds is 2. The number of hydrogen-bond acceptors (Lipinski definition) is 1. The smallest absolute Gasteiger partial charge is 0.322 e. The van der Waals surface area contributed by atoms with Gasteiger partial charge in [-0.1, -0.05) is 60.1 Å². The van der Waals surface area contributed by atoms with E-state index in [0.717, 1.165) is 24.0 Å². The summed E-state index contributed by atoms with van der Waals surface area (Å²) in [5.41, 5.74) is 1.62. The van der Waals surface area contributed by atoms with Crippen molar-refractivity contribution in [3.05, 3.63) is 83.0 Å². The van der Waals surface area contributed by atoms with Gasteiger partial charge in [0.15, 0.2) is 0 Å². The molecule has 1 atom stereocenters. The number of nitrogens with zero attached hydrogens (tertiary/aromatic N) is 1. The molecule has 118 valence electrons. The van der Waals surface area contributed by atoms with E-state index in [4.69, 9.17) is 11.6 Å². The first-order chi connectivity index (χ1) is 11.2. The molecule has 3 rings (SSSR count). The van der Waals surface area contributed by atoms with E-state index < -0.39 is 5.54 Å². The van der Waals surface area contributed by atoms with Gasteiger partial charge in [-0.05, 0) is 36.1 Å². The zero-order valence-corrected chi connectivity index (χ0v) is 13.8. The molecule has 4 heteroatoms. The second kappa shape index (κ2) is 6.47. The molecule has 0 aliphatic carbocycles. The van der Waals surface area contributed by atoms with Crippen molar-refractivity contribution in [2.45, 2.75) is 18.4 Å². The Hall–Kier alpha value is -2.26. The summed E-state index contributed by atoms with van der Waals surface area (Å²) < 4.78 is 0. The van der Waals surface area contributed by atoms with Gasteiger partial charge in [-0.2, -0.15) is 0 Å². The zero-order chi connectivity index (χ0) is 16.3.